The Labute approximate surface area is 262 Å². The Morgan fingerprint density at radius 2 is 0.867 bits per heavy atom. The van der Waals surface area contributed by atoms with Crippen molar-refractivity contribution in [3.8, 4) is 45.2 Å². The molecule has 0 bridgehead atoms. The maximum atomic E-state index is 6.03. The van der Waals surface area contributed by atoms with Crippen molar-refractivity contribution >= 4 is 0 Å². The highest BCUT2D eigenvalue weighted by Gasteiger charge is 2.53. The standard InChI is InChI=1S/C42H30N2O/c1-41(2)35-18-10-11-19-36(35)42(33-16-8-6-14-31(33)32-15-7-9-17-34(32)42)37-25-24-30(26-38(37)41)27-20-22-29(23-21-27)40-44-43-39(45-40)28-12-4-3-5-13-28/h3-26H,1-2H3. The lowest BCUT2D eigenvalue weighted by molar-refractivity contribution is 0.563. The summed E-state index contributed by atoms with van der Waals surface area (Å²) in [4.78, 5) is 0. The average molecular weight is 579 g/mol. The molecule has 0 saturated carbocycles. The molecule has 2 aliphatic carbocycles. The molecule has 9 rings (SSSR count). The Morgan fingerprint density at radius 1 is 0.400 bits per heavy atom. The zero-order chi connectivity index (χ0) is 30.2. The van der Waals surface area contributed by atoms with E-state index in [0.29, 0.717) is 11.8 Å². The molecule has 6 aromatic carbocycles. The van der Waals surface area contributed by atoms with E-state index in [9.17, 15) is 0 Å². The van der Waals surface area contributed by atoms with Gasteiger partial charge in [-0.05, 0) is 86.0 Å². The summed E-state index contributed by atoms with van der Waals surface area (Å²) < 4.78 is 6.03. The lowest BCUT2D eigenvalue weighted by Crippen LogP contribution is -2.40. The maximum Gasteiger partial charge on any atom is 0.248 e. The summed E-state index contributed by atoms with van der Waals surface area (Å²) in [5.74, 6) is 1.04. The van der Waals surface area contributed by atoms with E-state index >= 15 is 0 Å². The first-order valence-corrected chi connectivity index (χ1v) is 15.5. The molecule has 2 aliphatic rings. The highest BCUT2D eigenvalue weighted by atomic mass is 16.4. The number of benzene rings is 6. The van der Waals surface area contributed by atoms with Gasteiger partial charge >= 0.3 is 0 Å². The average Bonchev–Trinajstić information content (AvgIpc) is 3.71. The van der Waals surface area contributed by atoms with E-state index in [1.54, 1.807) is 0 Å². The van der Waals surface area contributed by atoms with Crippen LogP contribution in [-0.2, 0) is 10.8 Å². The zero-order valence-electron chi connectivity index (χ0n) is 25.2. The first kappa shape index (κ1) is 25.9. The van der Waals surface area contributed by atoms with Crippen LogP contribution in [0.4, 0.5) is 0 Å². The Hall–Kier alpha value is -5.54. The van der Waals surface area contributed by atoms with Crippen LogP contribution in [0.5, 0.6) is 0 Å². The van der Waals surface area contributed by atoms with Gasteiger partial charge < -0.3 is 4.42 Å². The molecule has 0 fully saturated rings. The van der Waals surface area contributed by atoms with Gasteiger partial charge in [-0.15, -0.1) is 10.2 Å². The van der Waals surface area contributed by atoms with Crippen molar-refractivity contribution in [1.29, 1.82) is 0 Å². The number of hydrogen-bond acceptors (Lipinski definition) is 3. The third-order valence-electron chi connectivity index (χ3n) is 9.96. The second-order valence-electron chi connectivity index (χ2n) is 12.6. The van der Waals surface area contributed by atoms with E-state index in [4.69, 9.17) is 4.42 Å². The van der Waals surface area contributed by atoms with E-state index in [-0.39, 0.29) is 10.8 Å². The molecule has 7 aromatic rings. The molecule has 0 aliphatic heterocycles. The van der Waals surface area contributed by atoms with Crippen molar-refractivity contribution < 1.29 is 4.42 Å². The van der Waals surface area contributed by atoms with Crippen LogP contribution in [0.25, 0.3) is 45.2 Å². The van der Waals surface area contributed by atoms with Gasteiger partial charge in [0.2, 0.25) is 11.8 Å². The van der Waals surface area contributed by atoms with Crippen molar-refractivity contribution in [3.63, 3.8) is 0 Å². The molecule has 0 radical (unpaired) electrons. The van der Waals surface area contributed by atoms with Crippen LogP contribution in [-0.4, -0.2) is 10.2 Å². The van der Waals surface area contributed by atoms with Crippen LogP contribution in [0.1, 0.15) is 47.2 Å². The van der Waals surface area contributed by atoms with Crippen molar-refractivity contribution in [2.75, 3.05) is 0 Å². The highest BCUT2D eigenvalue weighted by Crippen LogP contribution is 2.62. The van der Waals surface area contributed by atoms with E-state index in [0.717, 1.165) is 16.7 Å². The third kappa shape index (κ3) is 3.58. The van der Waals surface area contributed by atoms with E-state index < -0.39 is 0 Å². The van der Waals surface area contributed by atoms with Crippen LogP contribution in [0, 0.1) is 0 Å². The molecule has 1 heterocycles. The summed E-state index contributed by atoms with van der Waals surface area (Å²) in [6.45, 7) is 4.74. The third-order valence-corrected chi connectivity index (χ3v) is 9.96. The fourth-order valence-electron chi connectivity index (χ4n) is 7.87. The van der Waals surface area contributed by atoms with Gasteiger partial charge in [-0.1, -0.05) is 129 Å². The molecule has 214 valence electrons. The SMILES string of the molecule is CC1(C)c2ccccc2C2(c3ccccc3-c3ccccc32)c2ccc(-c3ccc(-c4nnc(-c5ccccc5)o4)cc3)cc21. The molecule has 0 unspecified atom stereocenters. The molecule has 0 atom stereocenters. The summed E-state index contributed by atoms with van der Waals surface area (Å²) in [7, 11) is 0. The monoisotopic (exact) mass is 578 g/mol. The van der Waals surface area contributed by atoms with Crippen LogP contribution >= 0.6 is 0 Å². The second kappa shape index (κ2) is 9.48. The van der Waals surface area contributed by atoms with Crippen LogP contribution in [0.2, 0.25) is 0 Å². The molecule has 1 spiro atoms. The van der Waals surface area contributed by atoms with Crippen molar-refractivity contribution in [2.45, 2.75) is 24.7 Å². The summed E-state index contributed by atoms with van der Waals surface area (Å²) in [5.41, 5.74) is 14.5. The minimum atomic E-state index is -0.370. The lowest BCUT2D eigenvalue weighted by Gasteiger charge is -2.46. The highest BCUT2D eigenvalue weighted by molar-refractivity contribution is 5.88. The fourth-order valence-corrected chi connectivity index (χ4v) is 7.87. The molecule has 3 nitrogen and oxygen atoms in total. The van der Waals surface area contributed by atoms with Gasteiger partial charge in [-0.25, -0.2) is 0 Å². The fraction of sp³-hybridized carbons (Fsp3) is 0.0952. The Morgan fingerprint density at radius 3 is 1.51 bits per heavy atom. The lowest BCUT2D eigenvalue weighted by atomic mass is 9.55. The minimum Gasteiger partial charge on any atom is -0.416 e. The molecule has 3 heteroatoms. The largest absolute Gasteiger partial charge is 0.416 e. The molecule has 0 amide bonds. The van der Waals surface area contributed by atoms with E-state index in [1.807, 2.05) is 30.3 Å². The number of aromatic nitrogens is 2. The van der Waals surface area contributed by atoms with Crippen molar-refractivity contribution in [1.82, 2.24) is 10.2 Å². The Kier molecular flexibility index (Phi) is 5.46. The van der Waals surface area contributed by atoms with Gasteiger partial charge in [0.1, 0.15) is 0 Å². The van der Waals surface area contributed by atoms with Gasteiger partial charge in [-0.3, -0.25) is 0 Å². The second-order valence-corrected chi connectivity index (χ2v) is 12.6. The topological polar surface area (TPSA) is 38.9 Å². The number of rotatable bonds is 3. The van der Waals surface area contributed by atoms with Crippen LogP contribution in [0.3, 0.4) is 0 Å². The summed E-state index contributed by atoms with van der Waals surface area (Å²) >= 11 is 0. The number of fused-ring (bicyclic) bond motifs is 9. The number of hydrogen-bond donors (Lipinski definition) is 0. The van der Waals surface area contributed by atoms with E-state index in [2.05, 4.69) is 139 Å². The molecule has 1 aromatic heterocycles. The molecule has 0 saturated heterocycles. The normalized spacial score (nSPS) is 14.8. The van der Waals surface area contributed by atoms with Crippen LogP contribution < -0.4 is 0 Å². The van der Waals surface area contributed by atoms with Crippen molar-refractivity contribution in [3.05, 3.63) is 179 Å². The van der Waals surface area contributed by atoms with Gasteiger partial charge in [0, 0.05) is 16.5 Å². The van der Waals surface area contributed by atoms with Gasteiger partial charge in [0.15, 0.2) is 0 Å². The summed E-state index contributed by atoms with van der Waals surface area (Å²) in [5, 5.41) is 8.60. The van der Waals surface area contributed by atoms with E-state index in [1.165, 1.54) is 50.1 Å². The first-order valence-electron chi connectivity index (χ1n) is 15.5. The zero-order valence-corrected chi connectivity index (χ0v) is 25.2. The van der Waals surface area contributed by atoms with Gasteiger partial charge in [0.25, 0.3) is 0 Å². The Balaban J connectivity index is 1.19. The minimum absolute atomic E-state index is 0.183. The first-order chi connectivity index (χ1) is 22.1. The Bertz CT molecular complexity index is 2200. The molecule has 0 N–H and O–H groups in total. The summed E-state index contributed by atoms with van der Waals surface area (Å²) in [6.07, 6.45) is 0. The smallest absolute Gasteiger partial charge is 0.248 e. The number of nitrogens with zero attached hydrogens (tertiary/aromatic N) is 2. The predicted octanol–water partition coefficient (Wildman–Crippen LogP) is 10.1. The van der Waals surface area contributed by atoms with Gasteiger partial charge in [0.05, 0.1) is 5.41 Å². The molecular weight excluding hydrogens is 548 g/mol. The predicted molar refractivity (Wildman–Crippen MR) is 180 cm³/mol. The molecular formula is C42H30N2O. The quantitative estimate of drug-likeness (QED) is 0.209. The van der Waals surface area contributed by atoms with Crippen LogP contribution in [0.15, 0.2) is 150 Å². The van der Waals surface area contributed by atoms with Crippen molar-refractivity contribution in [2.24, 2.45) is 0 Å². The van der Waals surface area contributed by atoms with Gasteiger partial charge in [-0.2, -0.15) is 0 Å². The molecule has 45 heavy (non-hydrogen) atoms. The maximum absolute atomic E-state index is 6.03. The summed E-state index contributed by atoms with van der Waals surface area (Å²) in [6, 6.07) is 52.5.